The first-order chi connectivity index (χ1) is 11.7. The molecule has 5 nitrogen and oxygen atoms in total. The minimum atomic E-state index is -0.512. The van der Waals surface area contributed by atoms with Gasteiger partial charge in [0.2, 0.25) is 5.91 Å². The van der Waals surface area contributed by atoms with Crippen LogP contribution >= 0.6 is 23.2 Å². The first-order valence-corrected chi connectivity index (χ1v) is 9.11. The van der Waals surface area contributed by atoms with Crippen LogP contribution in [0.1, 0.15) is 39.2 Å². The van der Waals surface area contributed by atoms with E-state index in [4.69, 9.17) is 27.9 Å². The molecular formula is C18H24Cl2N2O3. The van der Waals surface area contributed by atoms with E-state index in [-0.39, 0.29) is 17.9 Å². The molecule has 2 amide bonds. The zero-order valence-electron chi connectivity index (χ0n) is 14.8. The van der Waals surface area contributed by atoms with Crippen molar-refractivity contribution in [2.45, 2.75) is 45.8 Å². The second kappa shape index (κ2) is 8.28. The molecule has 0 unspecified atom stereocenters. The van der Waals surface area contributed by atoms with Gasteiger partial charge in [-0.15, -0.1) is 0 Å². The van der Waals surface area contributed by atoms with Crippen molar-refractivity contribution in [3.05, 3.63) is 33.8 Å². The highest BCUT2D eigenvalue weighted by atomic mass is 35.5. The zero-order chi connectivity index (χ0) is 18.6. The van der Waals surface area contributed by atoms with E-state index in [0.29, 0.717) is 42.5 Å². The Morgan fingerprint density at radius 1 is 1.24 bits per heavy atom. The van der Waals surface area contributed by atoms with E-state index in [2.05, 4.69) is 5.32 Å². The number of rotatable bonds is 3. The lowest BCUT2D eigenvalue weighted by Crippen LogP contribution is -2.44. The van der Waals surface area contributed by atoms with Gasteiger partial charge in [0.05, 0.1) is 0 Å². The Kier molecular flexibility index (Phi) is 6.58. The molecule has 1 saturated heterocycles. The van der Waals surface area contributed by atoms with E-state index in [9.17, 15) is 9.59 Å². The van der Waals surface area contributed by atoms with Crippen LogP contribution < -0.4 is 5.32 Å². The molecule has 1 fully saturated rings. The van der Waals surface area contributed by atoms with Gasteiger partial charge in [0, 0.05) is 35.6 Å². The molecule has 1 heterocycles. The Balaban J connectivity index is 1.81. The van der Waals surface area contributed by atoms with E-state index in [1.165, 1.54) is 0 Å². The Hall–Kier alpha value is -1.46. The Bertz CT molecular complexity index is 636. The monoisotopic (exact) mass is 386 g/mol. The van der Waals surface area contributed by atoms with Crippen molar-refractivity contribution in [2.75, 3.05) is 13.1 Å². The molecule has 1 N–H and O–H groups in total. The zero-order valence-corrected chi connectivity index (χ0v) is 16.3. The number of hydrogen-bond acceptors (Lipinski definition) is 3. The number of nitrogens with one attached hydrogen (secondary N) is 1. The molecule has 1 aliphatic rings. The van der Waals surface area contributed by atoms with Gasteiger partial charge < -0.3 is 15.0 Å². The van der Waals surface area contributed by atoms with Gasteiger partial charge in [-0.3, -0.25) is 4.79 Å². The number of carbonyl (C=O) groups excluding carboxylic acids is 2. The summed E-state index contributed by atoms with van der Waals surface area (Å²) >= 11 is 12.1. The number of ether oxygens (including phenoxy) is 1. The molecule has 0 bridgehead atoms. The number of likely N-dealkylation sites (tertiary alicyclic amines) is 1. The minimum Gasteiger partial charge on any atom is -0.444 e. The maximum absolute atomic E-state index is 12.4. The van der Waals surface area contributed by atoms with Gasteiger partial charge >= 0.3 is 6.09 Å². The van der Waals surface area contributed by atoms with Crippen LogP contribution in [0.5, 0.6) is 0 Å². The molecule has 0 radical (unpaired) electrons. The predicted molar refractivity (Wildman–Crippen MR) is 98.8 cm³/mol. The van der Waals surface area contributed by atoms with Gasteiger partial charge in [-0.25, -0.2) is 4.79 Å². The second-order valence-electron chi connectivity index (χ2n) is 7.20. The first-order valence-electron chi connectivity index (χ1n) is 8.35. The molecule has 1 aromatic rings. The molecule has 0 aromatic heterocycles. The number of hydrogen-bond donors (Lipinski definition) is 1. The predicted octanol–water partition coefficient (Wildman–Crippen LogP) is 4.26. The van der Waals surface area contributed by atoms with E-state index in [0.717, 1.165) is 5.56 Å². The fourth-order valence-electron chi connectivity index (χ4n) is 2.66. The molecular weight excluding hydrogens is 363 g/mol. The van der Waals surface area contributed by atoms with E-state index in [1.807, 2.05) is 20.8 Å². The van der Waals surface area contributed by atoms with Crippen LogP contribution in [0.4, 0.5) is 4.79 Å². The third-order valence-electron chi connectivity index (χ3n) is 3.98. The van der Waals surface area contributed by atoms with E-state index < -0.39 is 5.60 Å². The van der Waals surface area contributed by atoms with Crippen LogP contribution in [-0.2, 0) is 16.1 Å². The van der Waals surface area contributed by atoms with Crippen LogP contribution in [0.3, 0.4) is 0 Å². The maximum Gasteiger partial charge on any atom is 0.410 e. The van der Waals surface area contributed by atoms with Gasteiger partial charge in [-0.1, -0.05) is 23.2 Å². The topological polar surface area (TPSA) is 58.6 Å². The van der Waals surface area contributed by atoms with Crippen LogP contribution in [0.25, 0.3) is 0 Å². The first kappa shape index (κ1) is 19.9. The summed E-state index contributed by atoms with van der Waals surface area (Å²) < 4.78 is 5.36. The third-order valence-corrected chi connectivity index (χ3v) is 4.58. The lowest BCUT2D eigenvalue weighted by atomic mass is 9.96. The summed E-state index contributed by atoms with van der Waals surface area (Å²) in [4.78, 5) is 26.1. The van der Waals surface area contributed by atoms with Crippen molar-refractivity contribution in [3.8, 4) is 0 Å². The Morgan fingerprint density at radius 2 is 1.88 bits per heavy atom. The highest BCUT2D eigenvalue weighted by Gasteiger charge is 2.29. The number of halogens is 2. The molecule has 138 valence electrons. The van der Waals surface area contributed by atoms with Crippen LogP contribution in [0.15, 0.2) is 18.2 Å². The summed E-state index contributed by atoms with van der Waals surface area (Å²) in [6.07, 6.45) is 0.917. The largest absolute Gasteiger partial charge is 0.444 e. The van der Waals surface area contributed by atoms with Gasteiger partial charge in [0.15, 0.2) is 0 Å². The lowest BCUT2D eigenvalue weighted by Gasteiger charge is -2.32. The lowest BCUT2D eigenvalue weighted by molar-refractivity contribution is -0.126. The molecule has 0 atom stereocenters. The minimum absolute atomic E-state index is 0.0279. The summed E-state index contributed by atoms with van der Waals surface area (Å²) in [5.74, 6) is -0.142. The number of carbonyl (C=O) groups is 2. The van der Waals surface area contributed by atoms with E-state index in [1.54, 1.807) is 23.1 Å². The molecule has 25 heavy (non-hydrogen) atoms. The van der Waals surface area contributed by atoms with Crippen molar-refractivity contribution in [2.24, 2.45) is 5.92 Å². The average Bonchev–Trinajstić information content (AvgIpc) is 2.54. The van der Waals surface area contributed by atoms with Crippen molar-refractivity contribution in [1.82, 2.24) is 10.2 Å². The standard InChI is InChI=1S/C18H24Cl2N2O3/c1-18(2,3)25-17(24)22-8-6-12(7-9-22)16(23)21-11-13-10-14(19)4-5-15(13)20/h4-5,10,12H,6-9,11H2,1-3H3,(H,21,23). The normalized spacial score (nSPS) is 15.8. The molecule has 0 aliphatic carbocycles. The molecule has 1 aliphatic heterocycles. The van der Waals surface area contributed by atoms with Crippen LogP contribution in [-0.4, -0.2) is 35.6 Å². The molecule has 2 rings (SSSR count). The molecule has 0 spiro atoms. The van der Waals surface area contributed by atoms with Gasteiger partial charge in [0.25, 0.3) is 0 Å². The molecule has 0 saturated carbocycles. The highest BCUT2D eigenvalue weighted by Crippen LogP contribution is 2.22. The SMILES string of the molecule is CC(C)(C)OC(=O)N1CCC(C(=O)NCc2cc(Cl)ccc2Cl)CC1. The number of benzene rings is 1. The Labute approximate surface area is 158 Å². The van der Waals surface area contributed by atoms with Crippen molar-refractivity contribution >= 4 is 35.2 Å². The second-order valence-corrected chi connectivity index (χ2v) is 8.04. The number of amides is 2. The Morgan fingerprint density at radius 3 is 2.48 bits per heavy atom. The molecule has 1 aromatic carbocycles. The van der Waals surface area contributed by atoms with Gasteiger partial charge in [-0.2, -0.15) is 0 Å². The summed E-state index contributed by atoms with van der Waals surface area (Å²) in [5, 5.41) is 4.06. The fourth-order valence-corrected chi connectivity index (χ4v) is 3.04. The summed E-state index contributed by atoms with van der Waals surface area (Å²) in [6, 6.07) is 5.17. The smallest absolute Gasteiger partial charge is 0.410 e. The van der Waals surface area contributed by atoms with Gasteiger partial charge in [-0.05, 0) is 57.4 Å². The number of nitrogens with zero attached hydrogens (tertiary/aromatic N) is 1. The fraction of sp³-hybridized carbons (Fsp3) is 0.556. The quantitative estimate of drug-likeness (QED) is 0.843. The van der Waals surface area contributed by atoms with E-state index >= 15 is 0 Å². The van der Waals surface area contributed by atoms with Crippen LogP contribution in [0.2, 0.25) is 10.0 Å². The van der Waals surface area contributed by atoms with Crippen LogP contribution in [0, 0.1) is 5.92 Å². The maximum atomic E-state index is 12.4. The summed E-state index contributed by atoms with van der Waals surface area (Å²) in [6.45, 7) is 6.89. The highest BCUT2D eigenvalue weighted by molar-refractivity contribution is 6.33. The van der Waals surface area contributed by atoms with Gasteiger partial charge in [0.1, 0.15) is 5.60 Å². The number of piperidine rings is 1. The summed E-state index contributed by atoms with van der Waals surface area (Å²) in [5.41, 5.74) is 0.273. The van der Waals surface area contributed by atoms with Crippen molar-refractivity contribution in [3.63, 3.8) is 0 Å². The van der Waals surface area contributed by atoms with Crippen molar-refractivity contribution in [1.29, 1.82) is 0 Å². The average molecular weight is 387 g/mol. The third kappa shape index (κ3) is 6.08. The summed E-state index contributed by atoms with van der Waals surface area (Å²) in [7, 11) is 0. The molecule has 7 heteroatoms. The van der Waals surface area contributed by atoms with Crippen molar-refractivity contribution < 1.29 is 14.3 Å².